The van der Waals surface area contributed by atoms with Crippen molar-refractivity contribution in [2.24, 2.45) is 4.99 Å². The van der Waals surface area contributed by atoms with Crippen LogP contribution in [0.2, 0.25) is 0 Å². The molecule has 6 nitrogen and oxygen atoms in total. The molecule has 7 heterocycles. The first-order valence-electron chi connectivity index (χ1n) is 36.2. The third-order valence-corrected chi connectivity index (χ3v) is 26.0. The van der Waals surface area contributed by atoms with E-state index in [1.165, 1.54) is 111 Å². The van der Waals surface area contributed by atoms with Crippen LogP contribution in [0.3, 0.4) is 0 Å². The van der Waals surface area contributed by atoms with Gasteiger partial charge in [-0.2, -0.15) is 0 Å². The van der Waals surface area contributed by atoms with Gasteiger partial charge in [-0.3, -0.25) is 4.57 Å². The number of aromatic nitrogens is 4. The third-order valence-electron chi connectivity index (χ3n) is 22.7. The normalized spacial score (nSPS) is 14.4. The van der Waals surface area contributed by atoms with Gasteiger partial charge in [-0.25, -0.2) is 15.0 Å². The molecule has 0 spiro atoms. The maximum absolute atomic E-state index is 5.83. The lowest BCUT2D eigenvalue weighted by molar-refractivity contribution is 0.584. The van der Waals surface area contributed by atoms with Crippen LogP contribution in [0, 0.1) is 0 Å². The number of hydrogen-bond acceptors (Lipinski definition) is 7. The summed E-state index contributed by atoms with van der Waals surface area (Å²) in [4.78, 5) is 18.3. The molecule has 0 bridgehead atoms. The molecule has 1 N–H and O–H groups in total. The van der Waals surface area contributed by atoms with E-state index in [0.29, 0.717) is 5.82 Å². The van der Waals surface area contributed by atoms with Crippen molar-refractivity contribution >= 4 is 171 Å². The van der Waals surface area contributed by atoms with Crippen LogP contribution in [0.5, 0.6) is 0 Å². The molecule has 0 fully saturated rings. The summed E-state index contributed by atoms with van der Waals surface area (Å²) >= 11 is 5.43. The highest BCUT2D eigenvalue weighted by Crippen LogP contribution is 2.55. The zero-order chi connectivity index (χ0) is 69.6. The van der Waals surface area contributed by atoms with Gasteiger partial charge in [0.15, 0.2) is 11.6 Å². The van der Waals surface area contributed by atoms with E-state index < -0.39 is 5.41 Å². The topological polar surface area (TPSA) is 60.0 Å². The fraction of sp³-hybridized carbons (Fsp3) is 0.0412. The molecule has 106 heavy (non-hydrogen) atoms. The van der Waals surface area contributed by atoms with Gasteiger partial charge in [0.2, 0.25) is 0 Å². The summed E-state index contributed by atoms with van der Waals surface area (Å²) in [5, 5.41) is 21.0. The van der Waals surface area contributed by atoms with Gasteiger partial charge in [0.05, 0.1) is 33.2 Å². The zero-order valence-corrected chi connectivity index (χ0v) is 60.0. The lowest BCUT2D eigenvalue weighted by atomic mass is 9.83. The second kappa shape index (κ2) is 22.7. The summed E-state index contributed by atoms with van der Waals surface area (Å²) in [6.07, 6.45) is -0.352. The molecule has 0 radical (unpaired) electrons. The summed E-state index contributed by atoms with van der Waals surface area (Å²) < 4.78 is 11.2. The van der Waals surface area contributed by atoms with Gasteiger partial charge in [0.1, 0.15) is 16.8 Å². The summed E-state index contributed by atoms with van der Waals surface area (Å²) in [5.41, 5.74) is 20.1. The predicted molar refractivity (Wildman–Crippen MR) is 452 cm³/mol. The molecule has 1 atom stereocenters. The molecule has 496 valence electrons. The van der Waals surface area contributed by atoms with E-state index >= 15 is 0 Å². The molecule has 0 saturated carbocycles. The van der Waals surface area contributed by atoms with E-state index in [-0.39, 0.29) is 6.17 Å². The summed E-state index contributed by atoms with van der Waals surface area (Å²) in [6.45, 7) is 4.75. The van der Waals surface area contributed by atoms with Crippen LogP contribution in [-0.2, 0) is 5.41 Å². The average molecular weight is 1410 g/mol. The molecule has 6 aromatic heterocycles. The number of rotatable bonds is 8. The van der Waals surface area contributed by atoms with E-state index in [2.05, 4.69) is 344 Å². The summed E-state index contributed by atoms with van der Waals surface area (Å²) in [5.74, 6) is 2.43. The average Bonchev–Trinajstić information content (AvgIpc) is 1.54. The van der Waals surface area contributed by atoms with Gasteiger partial charge in [-0.15, -0.1) is 34.0 Å². The quantitative estimate of drug-likeness (QED) is 0.165. The Morgan fingerprint density at radius 3 is 1.62 bits per heavy atom. The number of para-hydroxylation sites is 1. The first-order valence-corrected chi connectivity index (χ1v) is 38.7. The van der Waals surface area contributed by atoms with Crippen molar-refractivity contribution in [1.82, 2.24) is 24.4 Å². The van der Waals surface area contributed by atoms with Crippen LogP contribution < -0.4 is 5.32 Å². The van der Waals surface area contributed by atoms with E-state index in [1.54, 1.807) is 11.3 Å². The van der Waals surface area contributed by atoms with Crippen molar-refractivity contribution in [1.29, 1.82) is 0 Å². The Labute approximate surface area is 621 Å². The van der Waals surface area contributed by atoms with Gasteiger partial charge >= 0.3 is 0 Å². The minimum absolute atomic E-state index is 0.352. The van der Waals surface area contributed by atoms with Gasteiger partial charge in [-0.1, -0.05) is 244 Å². The molecular formula is C97H60N6S3. The fourth-order valence-corrected chi connectivity index (χ4v) is 21.1. The highest BCUT2D eigenvalue weighted by atomic mass is 32.1. The zero-order valence-electron chi connectivity index (χ0n) is 57.6. The smallest absolute Gasteiger partial charge is 0.163 e. The van der Waals surface area contributed by atoms with Crippen LogP contribution in [0.25, 0.3) is 193 Å². The van der Waals surface area contributed by atoms with E-state index in [1.807, 2.05) is 22.7 Å². The third kappa shape index (κ3) is 8.91. The maximum Gasteiger partial charge on any atom is 0.163 e. The Morgan fingerprint density at radius 1 is 0.330 bits per heavy atom. The molecule has 0 amide bonds. The minimum Gasteiger partial charge on any atom is -0.345 e. The largest absolute Gasteiger partial charge is 0.345 e. The highest BCUT2D eigenvalue weighted by Gasteiger charge is 2.45. The Hall–Kier alpha value is -12.6. The molecule has 9 heteroatoms. The Kier molecular flexibility index (Phi) is 12.8. The van der Waals surface area contributed by atoms with Crippen molar-refractivity contribution < 1.29 is 0 Å². The highest BCUT2D eigenvalue weighted by molar-refractivity contribution is 7.26. The van der Waals surface area contributed by atoms with Crippen LogP contribution in [-0.4, -0.2) is 24.9 Å². The molecule has 1 unspecified atom stereocenters. The van der Waals surface area contributed by atoms with Crippen LogP contribution in [0.15, 0.2) is 326 Å². The number of nitrogens with zero attached hydrogens (tertiary/aromatic N) is 5. The van der Waals surface area contributed by atoms with Gasteiger partial charge < -0.3 is 9.88 Å². The molecule has 0 saturated heterocycles. The molecule has 23 rings (SSSR count). The molecule has 1 aliphatic heterocycles. The van der Waals surface area contributed by atoms with Crippen molar-refractivity contribution in [2.75, 3.05) is 0 Å². The Bertz CT molecular complexity index is 7470. The number of amidine groups is 1. The minimum atomic E-state index is -0.437. The van der Waals surface area contributed by atoms with Crippen molar-refractivity contribution in [2.45, 2.75) is 25.4 Å². The van der Waals surface area contributed by atoms with E-state index in [0.717, 1.165) is 104 Å². The molecule has 15 aromatic carbocycles. The van der Waals surface area contributed by atoms with Gasteiger partial charge in [-0.05, 0) is 162 Å². The van der Waals surface area contributed by atoms with Crippen LogP contribution in [0.4, 0.5) is 0 Å². The SMILES string of the molecule is CC1(C)C2=C(c3ccc(-c4ccccc4)cc31)C(n1c3cc4ccccc4cc3c3c(-c4cccc(-c5cc6sc7nc(-c8ccc9c(c8)sc8ccccc89)nc(-n8c9ccccc9c9cc%10ccccc%10cc98)c7c6cc5-c5ccccc5)c4)cccc31)NC(c1ccc3c(c1)sc1ccccc13)=N2. The first kappa shape index (κ1) is 59.9. The monoisotopic (exact) mass is 1400 g/mol. The van der Waals surface area contributed by atoms with E-state index in [4.69, 9.17) is 15.0 Å². The van der Waals surface area contributed by atoms with Crippen molar-refractivity contribution in [3.8, 4) is 61.7 Å². The summed E-state index contributed by atoms with van der Waals surface area (Å²) in [7, 11) is 0. The second-order valence-electron chi connectivity index (χ2n) is 29.0. The lowest BCUT2D eigenvalue weighted by Gasteiger charge is -2.32. The summed E-state index contributed by atoms with van der Waals surface area (Å²) in [6, 6.07) is 117. The van der Waals surface area contributed by atoms with Crippen molar-refractivity contribution in [3.05, 3.63) is 338 Å². The lowest BCUT2D eigenvalue weighted by Crippen LogP contribution is -2.37. The standard InChI is InChI=1S/C97H60N6S3/c1-97(2)78-48-61(55-21-5-3-6-22-55)39-44-72(78)89-91(97)98-92(64-40-42-70-68-32-14-17-37-83(68)104-85(70)51-64)99-94(89)103-80-36-20-34-66(88(80)76-47-58-26-10-12-28-60(58)50-82(76)103)62-29-19-30-63(45-62)74-54-87-77(53-73(74)56-23-7-4-8-24-56)90-95(102-79-35-16-13-31-67(79)75-46-57-25-9-11-27-59(57)49-81(75)102)100-93(101-96(90)106-87)65-41-43-71-69-33-15-18-38-84(69)105-86(71)52-65/h3-54,94H,1-2H3,(H,98,99). The number of allylic oxidation sites excluding steroid dienone is 1. The van der Waals surface area contributed by atoms with Gasteiger partial charge in [0.25, 0.3) is 0 Å². The Balaban J connectivity index is 0.732. The number of thiophene rings is 3. The van der Waals surface area contributed by atoms with Crippen LogP contribution >= 0.6 is 34.0 Å². The number of aliphatic imine (C=N–C) groups is 1. The van der Waals surface area contributed by atoms with E-state index in [9.17, 15) is 0 Å². The van der Waals surface area contributed by atoms with Crippen molar-refractivity contribution in [3.63, 3.8) is 0 Å². The Morgan fingerprint density at radius 2 is 0.887 bits per heavy atom. The number of hydrogen-bond donors (Lipinski definition) is 1. The molecular weight excluding hydrogens is 1350 g/mol. The molecule has 2 aliphatic rings. The first-order chi connectivity index (χ1) is 52.3. The molecule has 1 aliphatic carbocycles. The maximum atomic E-state index is 5.83. The predicted octanol–water partition coefficient (Wildman–Crippen LogP) is 26.7. The molecule has 21 aromatic rings. The number of nitrogens with one attached hydrogen (secondary N) is 1. The second-order valence-corrected chi connectivity index (χ2v) is 32.2. The van der Waals surface area contributed by atoms with Gasteiger partial charge in [0, 0.05) is 94.1 Å². The number of benzene rings is 15. The fourth-order valence-electron chi connectivity index (χ4n) is 17.7. The number of fused-ring (bicyclic) bond motifs is 19. The van der Waals surface area contributed by atoms with Crippen LogP contribution in [0.1, 0.15) is 36.7 Å².